The number of aromatic hydroxyl groups is 1. The molecule has 0 spiro atoms. The van der Waals surface area contributed by atoms with Crippen LogP contribution in [0, 0.1) is 10.1 Å². The molecule has 0 fully saturated rings. The molecule has 64 valence electrons. The molecule has 0 atom stereocenters. The van der Waals surface area contributed by atoms with Gasteiger partial charge in [0.25, 0.3) is 5.69 Å². The molecule has 0 saturated carbocycles. The maximum absolute atomic E-state index is 10.0. The predicted octanol–water partition coefficient (Wildman–Crippen LogP) is 1.12. The highest BCUT2D eigenvalue weighted by atomic mass is 16.6. The first-order valence-electron chi connectivity index (χ1n) is 2.92. The first-order chi connectivity index (χ1) is 5.70. The maximum atomic E-state index is 10.0. The number of phenols is 1. The molecular formula is C7H7NO4. The number of rotatable bonds is 1. The van der Waals surface area contributed by atoms with Gasteiger partial charge in [-0.15, -0.1) is 0 Å². The lowest BCUT2D eigenvalue weighted by Gasteiger charge is -1.89. The van der Waals surface area contributed by atoms with Crippen LogP contribution in [0.5, 0.6) is 5.75 Å². The van der Waals surface area contributed by atoms with E-state index in [4.69, 9.17) is 9.90 Å². The summed E-state index contributed by atoms with van der Waals surface area (Å²) < 4.78 is 0. The second-order valence-electron chi connectivity index (χ2n) is 1.78. The number of benzene rings is 1. The smallest absolute Gasteiger partial charge is 0.273 e. The lowest BCUT2D eigenvalue weighted by molar-refractivity contribution is -0.384. The Balaban J connectivity index is 0.000000561. The summed E-state index contributed by atoms with van der Waals surface area (Å²) in [6, 6.07) is 5.22. The maximum Gasteiger partial charge on any atom is 0.273 e. The van der Waals surface area contributed by atoms with Crippen LogP contribution < -0.4 is 0 Å². The summed E-state index contributed by atoms with van der Waals surface area (Å²) in [5, 5.41) is 18.8. The molecule has 0 heterocycles. The Labute approximate surface area is 68.4 Å². The topological polar surface area (TPSA) is 80.4 Å². The molecule has 5 heteroatoms. The normalized spacial score (nSPS) is 8.00. The monoisotopic (exact) mass is 169 g/mol. The Morgan fingerprint density at radius 1 is 1.42 bits per heavy atom. The number of hydrogen-bond donors (Lipinski definition) is 1. The summed E-state index contributed by atoms with van der Waals surface area (Å²) in [5.41, 5.74) is -0.0972. The van der Waals surface area contributed by atoms with E-state index in [9.17, 15) is 10.1 Å². The van der Waals surface area contributed by atoms with Gasteiger partial charge in [0, 0.05) is 6.07 Å². The van der Waals surface area contributed by atoms with Gasteiger partial charge in [0.1, 0.15) is 12.5 Å². The van der Waals surface area contributed by atoms with Crippen molar-refractivity contribution in [3.05, 3.63) is 34.4 Å². The lowest BCUT2D eigenvalue weighted by atomic mass is 10.3. The van der Waals surface area contributed by atoms with E-state index in [2.05, 4.69) is 0 Å². The number of nitro groups is 1. The molecule has 0 amide bonds. The van der Waals surface area contributed by atoms with E-state index in [0.29, 0.717) is 0 Å². The molecule has 0 radical (unpaired) electrons. The molecule has 1 N–H and O–H groups in total. The largest absolute Gasteiger partial charge is 0.508 e. The highest BCUT2D eigenvalue weighted by Crippen LogP contribution is 2.16. The van der Waals surface area contributed by atoms with Crippen molar-refractivity contribution in [2.75, 3.05) is 0 Å². The molecule has 0 saturated heterocycles. The highest BCUT2D eigenvalue weighted by Gasteiger charge is 2.03. The van der Waals surface area contributed by atoms with Crippen LogP contribution in [0.25, 0.3) is 0 Å². The first-order valence-corrected chi connectivity index (χ1v) is 2.92. The quantitative estimate of drug-likeness (QED) is 0.504. The number of phenolic OH excluding ortho intramolecular Hbond substituents is 1. The van der Waals surface area contributed by atoms with Gasteiger partial charge < -0.3 is 9.90 Å². The summed E-state index contributed by atoms with van der Waals surface area (Å²) >= 11 is 0. The number of carbonyl (C=O) groups is 1. The van der Waals surface area contributed by atoms with Gasteiger partial charge in [-0.25, -0.2) is 0 Å². The van der Waals surface area contributed by atoms with E-state index in [0.717, 1.165) is 6.07 Å². The zero-order valence-corrected chi connectivity index (χ0v) is 6.14. The Morgan fingerprint density at radius 2 is 2.00 bits per heavy atom. The van der Waals surface area contributed by atoms with Crippen LogP contribution in [0.4, 0.5) is 5.69 Å². The van der Waals surface area contributed by atoms with Crippen molar-refractivity contribution < 1.29 is 14.8 Å². The van der Waals surface area contributed by atoms with Gasteiger partial charge in [-0.05, 0) is 6.07 Å². The molecule has 0 aliphatic rings. The van der Waals surface area contributed by atoms with Gasteiger partial charge in [-0.1, -0.05) is 6.07 Å². The van der Waals surface area contributed by atoms with Crippen LogP contribution in [0.3, 0.4) is 0 Å². The summed E-state index contributed by atoms with van der Waals surface area (Å²) in [6.45, 7) is 2.00. The number of hydrogen-bond acceptors (Lipinski definition) is 4. The van der Waals surface area contributed by atoms with Gasteiger partial charge in [-0.2, -0.15) is 0 Å². The lowest BCUT2D eigenvalue weighted by Crippen LogP contribution is -1.85. The van der Waals surface area contributed by atoms with Crippen LogP contribution in [0.15, 0.2) is 24.3 Å². The second kappa shape index (κ2) is 4.84. The Bertz CT molecular complexity index is 274. The van der Waals surface area contributed by atoms with Gasteiger partial charge in [0.15, 0.2) is 0 Å². The molecule has 0 unspecified atom stereocenters. The van der Waals surface area contributed by atoms with E-state index in [1.807, 2.05) is 6.79 Å². The zero-order valence-electron chi connectivity index (χ0n) is 6.14. The van der Waals surface area contributed by atoms with Crippen molar-refractivity contribution in [1.29, 1.82) is 0 Å². The minimum Gasteiger partial charge on any atom is -0.508 e. The molecule has 0 aromatic heterocycles. The molecular weight excluding hydrogens is 162 g/mol. The van der Waals surface area contributed by atoms with Crippen molar-refractivity contribution in [2.24, 2.45) is 0 Å². The summed E-state index contributed by atoms with van der Waals surface area (Å²) in [4.78, 5) is 17.5. The van der Waals surface area contributed by atoms with Crippen molar-refractivity contribution in [1.82, 2.24) is 0 Å². The Morgan fingerprint density at radius 3 is 2.33 bits per heavy atom. The molecule has 12 heavy (non-hydrogen) atoms. The third-order valence-corrected chi connectivity index (χ3v) is 1.04. The van der Waals surface area contributed by atoms with Crippen LogP contribution in [0.2, 0.25) is 0 Å². The van der Waals surface area contributed by atoms with Gasteiger partial charge in [0.2, 0.25) is 0 Å². The number of non-ortho nitro benzene ring substituents is 1. The average molecular weight is 169 g/mol. The average Bonchev–Trinajstić information content (AvgIpc) is 2.08. The third kappa shape index (κ3) is 2.78. The Hall–Kier alpha value is -1.91. The van der Waals surface area contributed by atoms with Crippen molar-refractivity contribution >= 4 is 12.5 Å². The van der Waals surface area contributed by atoms with E-state index in [-0.39, 0.29) is 11.4 Å². The van der Waals surface area contributed by atoms with Gasteiger partial charge in [-0.3, -0.25) is 10.1 Å². The summed E-state index contributed by atoms with van der Waals surface area (Å²) in [6.07, 6.45) is 0. The van der Waals surface area contributed by atoms with Crippen LogP contribution >= 0.6 is 0 Å². The van der Waals surface area contributed by atoms with E-state index in [1.165, 1.54) is 18.2 Å². The fourth-order valence-corrected chi connectivity index (χ4v) is 0.607. The second-order valence-corrected chi connectivity index (χ2v) is 1.78. The number of nitro benzene ring substituents is 1. The minimum absolute atomic E-state index is 0.0887. The van der Waals surface area contributed by atoms with E-state index >= 15 is 0 Å². The standard InChI is InChI=1S/C6H5NO3.CH2O/c8-6-3-1-2-5(4-6)7(9)10;1-2/h1-4,8H;1H2. The molecule has 5 nitrogen and oxygen atoms in total. The minimum atomic E-state index is -0.556. The van der Waals surface area contributed by atoms with Crippen molar-refractivity contribution in [3.63, 3.8) is 0 Å². The number of nitrogens with zero attached hydrogens (tertiary/aromatic N) is 1. The summed E-state index contributed by atoms with van der Waals surface area (Å²) in [7, 11) is 0. The van der Waals surface area contributed by atoms with E-state index < -0.39 is 4.92 Å². The van der Waals surface area contributed by atoms with Crippen molar-refractivity contribution in [2.45, 2.75) is 0 Å². The molecule has 0 aliphatic carbocycles. The molecule has 1 aromatic carbocycles. The zero-order chi connectivity index (χ0) is 9.56. The first kappa shape index (κ1) is 10.1. The third-order valence-electron chi connectivity index (χ3n) is 1.04. The van der Waals surface area contributed by atoms with Gasteiger partial charge >= 0.3 is 0 Å². The van der Waals surface area contributed by atoms with Crippen LogP contribution in [0.1, 0.15) is 0 Å². The van der Waals surface area contributed by atoms with Crippen LogP contribution in [-0.4, -0.2) is 16.8 Å². The molecule has 0 bridgehead atoms. The molecule has 1 rings (SSSR count). The Kier molecular flexibility index (Phi) is 4.07. The summed E-state index contributed by atoms with van der Waals surface area (Å²) in [5.74, 6) is -0.0887. The fourth-order valence-electron chi connectivity index (χ4n) is 0.607. The predicted molar refractivity (Wildman–Crippen MR) is 41.9 cm³/mol. The molecule has 1 aromatic rings. The number of carbonyl (C=O) groups excluding carboxylic acids is 1. The molecule has 0 aliphatic heterocycles. The van der Waals surface area contributed by atoms with Crippen LogP contribution in [-0.2, 0) is 4.79 Å². The van der Waals surface area contributed by atoms with E-state index in [1.54, 1.807) is 0 Å². The SMILES string of the molecule is C=O.O=[N+]([O-])c1cccc(O)c1. The van der Waals surface area contributed by atoms with Gasteiger partial charge in [0.05, 0.1) is 11.0 Å². The highest BCUT2D eigenvalue weighted by molar-refractivity contribution is 5.36. The van der Waals surface area contributed by atoms with Crippen molar-refractivity contribution in [3.8, 4) is 5.75 Å². The fraction of sp³-hybridized carbons (Fsp3) is 0.